The van der Waals surface area contributed by atoms with E-state index in [0.29, 0.717) is 5.92 Å². The second kappa shape index (κ2) is 5.78. The maximum Gasteiger partial charge on any atom is 0.129 e. The average Bonchev–Trinajstić information content (AvgIpc) is 2.33. The third-order valence-corrected chi connectivity index (χ3v) is 4.95. The molecule has 0 spiro atoms. The first-order chi connectivity index (χ1) is 8.92. The highest BCUT2D eigenvalue weighted by Gasteiger charge is 2.37. The monoisotopic (exact) mass is 286 g/mol. The van der Waals surface area contributed by atoms with E-state index in [9.17, 15) is 8.78 Å². The van der Waals surface area contributed by atoms with Crippen LogP contribution >= 0.6 is 11.6 Å². The highest BCUT2D eigenvalue weighted by molar-refractivity contribution is 6.21. The van der Waals surface area contributed by atoms with Gasteiger partial charge in [-0.25, -0.2) is 8.78 Å². The van der Waals surface area contributed by atoms with Gasteiger partial charge in [0.25, 0.3) is 0 Å². The van der Waals surface area contributed by atoms with E-state index in [1.165, 1.54) is 24.6 Å². The zero-order valence-electron chi connectivity index (χ0n) is 11.6. The number of rotatable bonds is 3. The summed E-state index contributed by atoms with van der Waals surface area (Å²) >= 11 is 6.49. The zero-order chi connectivity index (χ0) is 14.0. The SMILES string of the molecule is CC1(C)CCCCC1C(Cl)Cc1c(F)cccc1F. The lowest BCUT2D eigenvalue weighted by atomic mass is 9.67. The summed E-state index contributed by atoms with van der Waals surface area (Å²) < 4.78 is 27.3. The molecule has 3 heteroatoms. The fraction of sp³-hybridized carbons (Fsp3) is 0.625. The van der Waals surface area contributed by atoms with Gasteiger partial charge in [0, 0.05) is 10.9 Å². The Morgan fingerprint density at radius 1 is 1.26 bits per heavy atom. The first kappa shape index (κ1) is 14.8. The third-order valence-electron chi connectivity index (χ3n) is 4.49. The molecular weight excluding hydrogens is 266 g/mol. The molecule has 1 saturated carbocycles. The van der Waals surface area contributed by atoms with Crippen molar-refractivity contribution < 1.29 is 8.78 Å². The molecular formula is C16H21ClF2. The van der Waals surface area contributed by atoms with E-state index in [1.54, 1.807) is 0 Å². The lowest BCUT2D eigenvalue weighted by molar-refractivity contribution is 0.132. The summed E-state index contributed by atoms with van der Waals surface area (Å²) in [4.78, 5) is 0. The van der Waals surface area contributed by atoms with E-state index in [1.807, 2.05) is 0 Å². The minimum atomic E-state index is -0.487. The van der Waals surface area contributed by atoms with E-state index >= 15 is 0 Å². The van der Waals surface area contributed by atoms with Gasteiger partial charge in [-0.2, -0.15) is 0 Å². The Balaban J connectivity index is 2.14. The largest absolute Gasteiger partial charge is 0.207 e. The van der Waals surface area contributed by atoms with E-state index < -0.39 is 11.6 Å². The minimum absolute atomic E-state index is 0.129. The predicted octanol–water partition coefficient (Wildman–Crippen LogP) is 5.33. The molecule has 1 fully saturated rings. The highest BCUT2D eigenvalue weighted by atomic mass is 35.5. The van der Waals surface area contributed by atoms with E-state index in [4.69, 9.17) is 11.6 Å². The van der Waals surface area contributed by atoms with Crippen molar-refractivity contribution in [3.05, 3.63) is 35.4 Å². The number of hydrogen-bond donors (Lipinski definition) is 0. The second-order valence-electron chi connectivity index (χ2n) is 6.26. The van der Waals surface area contributed by atoms with Crippen LogP contribution in [0.1, 0.15) is 45.1 Å². The predicted molar refractivity (Wildman–Crippen MR) is 75.4 cm³/mol. The molecule has 1 aliphatic carbocycles. The maximum absolute atomic E-state index is 13.7. The smallest absolute Gasteiger partial charge is 0.129 e. The van der Waals surface area contributed by atoms with Gasteiger partial charge in [0.15, 0.2) is 0 Å². The molecule has 0 saturated heterocycles. The first-order valence-electron chi connectivity index (χ1n) is 6.99. The van der Waals surface area contributed by atoms with Crippen LogP contribution in [0.3, 0.4) is 0 Å². The Morgan fingerprint density at radius 3 is 2.47 bits per heavy atom. The Morgan fingerprint density at radius 2 is 1.89 bits per heavy atom. The van der Waals surface area contributed by atoms with Gasteiger partial charge in [-0.15, -0.1) is 11.6 Å². The molecule has 0 aliphatic heterocycles. The van der Waals surface area contributed by atoms with Gasteiger partial charge in [-0.1, -0.05) is 32.8 Å². The van der Waals surface area contributed by atoms with Crippen molar-refractivity contribution >= 4 is 11.6 Å². The molecule has 0 aromatic heterocycles. The van der Waals surface area contributed by atoms with Crippen LogP contribution in [0.2, 0.25) is 0 Å². The summed E-state index contributed by atoms with van der Waals surface area (Å²) in [6.45, 7) is 4.42. The molecule has 0 nitrogen and oxygen atoms in total. The third kappa shape index (κ3) is 3.28. The number of alkyl halides is 1. The van der Waals surface area contributed by atoms with E-state index in [0.717, 1.165) is 19.3 Å². The topological polar surface area (TPSA) is 0 Å². The summed E-state index contributed by atoms with van der Waals surface area (Å²) in [6, 6.07) is 3.99. The van der Waals surface area contributed by atoms with Crippen molar-refractivity contribution in [3.63, 3.8) is 0 Å². The fourth-order valence-corrected chi connectivity index (χ4v) is 3.88. The molecule has 0 bridgehead atoms. The standard InChI is InChI=1S/C16H21ClF2/c1-16(2)9-4-3-6-12(16)13(17)10-11-14(18)7-5-8-15(11)19/h5,7-8,12-13H,3-4,6,9-10H2,1-2H3. The van der Waals surface area contributed by atoms with Gasteiger partial charge in [0.1, 0.15) is 11.6 Å². The van der Waals surface area contributed by atoms with E-state index in [-0.39, 0.29) is 22.8 Å². The molecule has 0 heterocycles. The molecule has 1 aromatic rings. The Hall–Kier alpha value is -0.630. The molecule has 1 aromatic carbocycles. The normalized spacial score (nSPS) is 24.2. The molecule has 2 unspecified atom stereocenters. The van der Waals surface area contributed by atoms with Crippen molar-refractivity contribution in [1.82, 2.24) is 0 Å². The number of hydrogen-bond acceptors (Lipinski definition) is 0. The van der Waals surface area contributed by atoms with Gasteiger partial charge in [-0.05, 0) is 42.7 Å². The maximum atomic E-state index is 13.7. The van der Waals surface area contributed by atoms with Gasteiger partial charge in [-0.3, -0.25) is 0 Å². The molecule has 106 valence electrons. The van der Waals surface area contributed by atoms with Crippen LogP contribution in [-0.2, 0) is 6.42 Å². The Bertz CT molecular complexity index is 422. The average molecular weight is 287 g/mol. The van der Waals surface area contributed by atoms with Gasteiger partial charge in [0.2, 0.25) is 0 Å². The summed E-state index contributed by atoms with van der Waals surface area (Å²) in [6.07, 6.45) is 4.85. The quantitative estimate of drug-likeness (QED) is 0.659. The fourth-order valence-electron chi connectivity index (χ4n) is 3.26. The Kier molecular flexibility index (Phi) is 4.50. The zero-order valence-corrected chi connectivity index (χ0v) is 12.3. The summed E-state index contributed by atoms with van der Waals surface area (Å²) in [5.74, 6) is -0.652. The van der Waals surface area contributed by atoms with Crippen LogP contribution in [-0.4, -0.2) is 5.38 Å². The number of benzene rings is 1. The molecule has 0 amide bonds. The molecule has 0 radical (unpaired) electrons. The molecule has 2 atom stereocenters. The van der Waals surface area contributed by atoms with Crippen molar-refractivity contribution in [2.75, 3.05) is 0 Å². The van der Waals surface area contributed by atoms with Gasteiger partial charge >= 0.3 is 0 Å². The van der Waals surface area contributed by atoms with Crippen LogP contribution < -0.4 is 0 Å². The number of halogens is 3. The van der Waals surface area contributed by atoms with Crippen molar-refractivity contribution in [2.24, 2.45) is 11.3 Å². The van der Waals surface area contributed by atoms with Crippen LogP contribution in [0.25, 0.3) is 0 Å². The molecule has 2 rings (SSSR count). The van der Waals surface area contributed by atoms with Crippen molar-refractivity contribution in [1.29, 1.82) is 0 Å². The highest BCUT2D eigenvalue weighted by Crippen LogP contribution is 2.44. The molecule has 19 heavy (non-hydrogen) atoms. The van der Waals surface area contributed by atoms with Gasteiger partial charge in [0.05, 0.1) is 0 Å². The summed E-state index contributed by atoms with van der Waals surface area (Å²) in [5, 5.41) is -0.207. The molecule has 1 aliphatic rings. The van der Waals surface area contributed by atoms with Crippen LogP contribution in [0.5, 0.6) is 0 Å². The second-order valence-corrected chi connectivity index (χ2v) is 6.82. The van der Waals surface area contributed by atoms with E-state index in [2.05, 4.69) is 13.8 Å². The van der Waals surface area contributed by atoms with Gasteiger partial charge < -0.3 is 0 Å². The minimum Gasteiger partial charge on any atom is -0.207 e. The van der Waals surface area contributed by atoms with Crippen LogP contribution in [0, 0.1) is 23.0 Å². The van der Waals surface area contributed by atoms with Crippen LogP contribution in [0.15, 0.2) is 18.2 Å². The Labute approximate surface area is 119 Å². The lowest BCUT2D eigenvalue weighted by Crippen LogP contribution is -2.35. The first-order valence-corrected chi connectivity index (χ1v) is 7.42. The van der Waals surface area contributed by atoms with Crippen molar-refractivity contribution in [3.8, 4) is 0 Å². The van der Waals surface area contributed by atoms with Crippen LogP contribution in [0.4, 0.5) is 8.78 Å². The van der Waals surface area contributed by atoms with Crippen molar-refractivity contribution in [2.45, 2.75) is 51.3 Å². The summed E-state index contributed by atoms with van der Waals surface area (Å²) in [7, 11) is 0. The molecule has 0 N–H and O–H groups in total. The summed E-state index contributed by atoms with van der Waals surface area (Å²) in [5.41, 5.74) is 0.288. The lowest BCUT2D eigenvalue weighted by Gasteiger charge is -2.41.